The van der Waals surface area contributed by atoms with Crippen LogP contribution in [0.2, 0.25) is 0 Å². The molecular weight excluding hydrogens is 272 g/mol. The van der Waals surface area contributed by atoms with Crippen LogP contribution in [0.3, 0.4) is 0 Å². The van der Waals surface area contributed by atoms with E-state index in [-0.39, 0.29) is 0 Å². The Morgan fingerprint density at radius 3 is 1.65 bits per heavy atom. The molecule has 0 aliphatic heterocycles. The van der Waals surface area contributed by atoms with Crippen molar-refractivity contribution in [3.8, 4) is 0 Å². The maximum atomic E-state index is 4.20. The summed E-state index contributed by atoms with van der Waals surface area (Å²) in [5, 5.41) is 0. The van der Waals surface area contributed by atoms with E-state index in [4.69, 9.17) is 0 Å². The van der Waals surface area contributed by atoms with Crippen molar-refractivity contribution < 1.29 is 0 Å². The van der Waals surface area contributed by atoms with Crippen molar-refractivity contribution in [2.75, 3.05) is 0 Å². The van der Waals surface area contributed by atoms with Gasteiger partial charge in [0, 0.05) is 4.32 Å². The second-order valence-corrected chi connectivity index (χ2v) is 7.57. The first-order valence-corrected chi connectivity index (χ1v) is 8.36. The number of hydrogen-bond acceptors (Lipinski definition) is 0. The van der Waals surface area contributed by atoms with E-state index in [2.05, 4.69) is 28.6 Å². The summed E-state index contributed by atoms with van der Waals surface area (Å²) < 4.78 is 0.385. The van der Waals surface area contributed by atoms with E-state index in [9.17, 15) is 0 Å². The van der Waals surface area contributed by atoms with Crippen molar-refractivity contribution in [3.63, 3.8) is 0 Å². The van der Waals surface area contributed by atoms with Gasteiger partial charge in [-0.15, -0.1) is 6.58 Å². The average molecular weight is 299 g/mol. The average Bonchev–Trinajstić information content (AvgIpc) is 2.41. The molecule has 2 fully saturated rings. The topological polar surface area (TPSA) is 0 Å². The molecule has 0 bridgehead atoms. The molecule has 2 saturated carbocycles. The van der Waals surface area contributed by atoms with E-state index in [1.807, 2.05) is 0 Å². The second kappa shape index (κ2) is 6.41. The first-order chi connectivity index (χ1) is 8.27. The molecule has 0 spiro atoms. The number of rotatable bonds is 4. The molecule has 0 N–H and O–H groups in total. The molecule has 0 aromatic rings. The predicted octanol–water partition coefficient (Wildman–Crippen LogP) is 5.86. The van der Waals surface area contributed by atoms with Gasteiger partial charge >= 0.3 is 0 Å². The van der Waals surface area contributed by atoms with Crippen LogP contribution in [-0.4, -0.2) is 4.32 Å². The van der Waals surface area contributed by atoms with E-state index >= 15 is 0 Å². The van der Waals surface area contributed by atoms with Crippen molar-refractivity contribution in [1.82, 2.24) is 0 Å². The van der Waals surface area contributed by atoms with Gasteiger partial charge in [0.1, 0.15) is 0 Å². The molecule has 2 rings (SSSR count). The van der Waals surface area contributed by atoms with Gasteiger partial charge in [-0.2, -0.15) is 0 Å². The summed E-state index contributed by atoms with van der Waals surface area (Å²) in [4.78, 5) is 0. The van der Waals surface area contributed by atoms with Crippen molar-refractivity contribution in [1.29, 1.82) is 0 Å². The molecule has 0 nitrogen and oxygen atoms in total. The minimum Gasteiger partial charge on any atom is -0.103 e. The van der Waals surface area contributed by atoms with Gasteiger partial charge < -0.3 is 0 Å². The molecule has 0 amide bonds. The van der Waals surface area contributed by atoms with Crippen LogP contribution in [0, 0.1) is 11.8 Å². The summed E-state index contributed by atoms with van der Waals surface area (Å²) >= 11 is 4.20. The van der Waals surface area contributed by atoms with Crippen molar-refractivity contribution in [3.05, 3.63) is 12.7 Å². The summed E-state index contributed by atoms with van der Waals surface area (Å²) in [7, 11) is 0. The lowest BCUT2D eigenvalue weighted by Gasteiger charge is -2.45. The Morgan fingerprint density at radius 1 is 0.882 bits per heavy atom. The molecule has 0 aromatic heterocycles. The zero-order valence-corrected chi connectivity index (χ0v) is 12.7. The molecule has 0 unspecified atom stereocenters. The van der Waals surface area contributed by atoms with Gasteiger partial charge in [0.05, 0.1) is 0 Å². The molecule has 2 aliphatic rings. The Morgan fingerprint density at radius 2 is 1.29 bits per heavy atom. The minimum absolute atomic E-state index is 0.385. The standard InChI is InChI=1S/C16H27Br/c1-2-13-16(17,14-9-5-3-6-10-14)15-11-7-4-8-12-15/h2,14-15H,1,3-13H2. The molecule has 0 saturated heterocycles. The SMILES string of the molecule is C=CCC(Br)(C1CCCCC1)C1CCCCC1. The van der Waals surface area contributed by atoms with Crippen LogP contribution >= 0.6 is 15.9 Å². The van der Waals surface area contributed by atoms with E-state index in [1.165, 1.54) is 70.6 Å². The zero-order valence-electron chi connectivity index (χ0n) is 11.1. The fraction of sp³-hybridized carbons (Fsp3) is 0.875. The molecule has 0 atom stereocenters. The van der Waals surface area contributed by atoms with Crippen LogP contribution in [0.4, 0.5) is 0 Å². The van der Waals surface area contributed by atoms with E-state index in [0.29, 0.717) is 4.32 Å². The van der Waals surface area contributed by atoms with Gasteiger partial charge in [-0.3, -0.25) is 0 Å². The van der Waals surface area contributed by atoms with Gasteiger partial charge in [0.15, 0.2) is 0 Å². The maximum Gasteiger partial charge on any atom is 0.0348 e. The van der Waals surface area contributed by atoms with Gasteiger partial charge in [-0.25, -0.2) is 0 Å². The van der Waals surface area contributed by atoms with Gasteiger partial charge in [0.25, 0.3) is 0 Å². The molecule has 0 heterocycles. The summed E-state index contributed by atoms with van der Waals surface area (Å²) in [5.74, 6) is 1.80. The Balaban J connectivity index is 2.08. The normalized spacial score (nSPS) is 24.8. The Hall–Kier alpha value is 0.220. The first kappa shape index (κ1) is 13.6. The lowest BCUT2D eigenvalue weighted by atomic mass is 9.68. The molecule has 2 aliphatic carbocycles. The number of allylic oxidation sites excluding steroid dienone is 1. The quantitative estimate of drug-likeness (QED) is 0.451. The Labute approximate surface area is 115 Å². The molecule has 1 heteroatoms. The smallest absolute Gasteiger partial charge is 0.0348 e. The third-order valence-corrected chi connectivity index (χ3v) is 6.64. The summed E-state index contributed by atoms with van der Waals surface area (Å²) in [6, 6.07) is 0. The van der Waals surface area contributed by atoms with Gasteiger partial charge in [-0.05, 0) is 43.9 Å². The highest BCUT2D eigenvalue weighted by atomic mass is 79.9. The lowest BCUT2D eigenvalue weighted by molar-refractivity contribution is 0.182. The second-order valence-electron chi connectivity index (χ2n) is 6.09. The van der Waals surface area contributed by atoms with E-state index < -0.39 is 0 Å². The highest BCUT2D eigenvalue weighted by Gasteiger charge is 2.42. The van der Waals surface area contributed by atoms with Crippen molar-refractivity contribution in [2.45, 2.75) is 75.0 Å². The summed E-state index contributed by atoms with van der Waals surface area (Å²) in [6.07, 6.45) is 17.8. The molecule has 17 heavy (non-hydrogen) atoms. The fourth-order valence-electron chi connectivity index (χ4n) is 4.05. The molecule has 0 radical (unpaired) electrons. The van der Waals surface area contributed by atoms with Crippen molar-refractivity contribution in [2.24, 2.45) is 11.8 Å². The van der Waals surface area contributed by atoms with Crippen LogP contribution in [0.5, 0.6) is 0 Å². The highest BCUT2D eigenvalue weighted by molar-refractivity contribution is 9.10. The minimum atomic E-state index is 0.385. The van der Waals surface area contributed by atoms with Gasteiger partial charge in [0.2, 0.25) is 0 Å². The van der Waals surface area contributed by atoms with Crippen LogP contribution in [0.15, 0.2) is 12.7 Å². The number of halogens is 1. The highest BCUT2D eigenvalue weighted by Crippen LogP contribution is 2.50. The molecular formula is C16H27Br. The summed E-state index contributed by atoms with van der Waals surface area (Å²) in [5.41, 5.74) is 0. The largest absolute Gasteiger partial charge is 0.103 e. The summed E-state index contributed by atoms with van der Waals surface area (Å²) in [6.45, 7) is 4.01. The third kappa shape index (κ3) is 3.16. The molecule has 0 aromatic carbocycles. The monoisotopic (exact) mass is 298 g/mol. The Bertz CT molecular complexity index is 216. The number of alkyl halides is 1. The van der Waals surface area contributed by atoms with E-state index in [1.54, 1.807) is 0 Å². The van der Waals surface area contributed by atoms with Crippen LogP contribution in [-0.2, 0) is 0 Å². The van der Waals surface area contributed by atoms with E-state index in [0.717, 1.165) is 11.8 Å². The van der Waals surface area contributed by atoms with Crippen LogP contribution in [0.1, 0.15) is 70.6 Å². The number of hydrogen-bond donors (Lipinski definition) is 0. The van der Waals surface area contributed by atoms with Crippen LogP contribution < -0.4 is 0 Å². The van der Waals surface area contributed by atoms with Crippen LogP contribution in [0.25, 0.3) is 0 Å². The maximum absolute atomic E-state index is 4.20. The zero-order chi connectivity index (χ0) is 12.1. The molecule has 98 valence electrons. The third-order valence-electron chi connectivity index (χ3n) is 5.02. The van der Waals surface area contributed by atoms with Gasteiger partial charge in [-0.1, -0.05) is 60.5 Å². The predicted molar refractivity (Wildman–Crippen MR) is 79.6 cm³/mol. The fourth-order valence-corrected chi connectivity index (χ4v) is 5.20. The lowest BCUT2D eigenvalue weighted by Crippen LogP contribution is -2.41. The Kier molecular flexibility index (Phi) is 5.14. The first-order valence-electron chi connectivity index (χ1n) is 7.57. The van der Waals surface area contributed by atoms with Crippen molar-refractivity contribution >= 4 is 15.9 Å².